The van der Waals surface area contributed by atoms with Crippen molar-refractivity contribution in [1.29, 1.82) is 0 Å². The molecule has 0 bridgehead atoms. The van der Waals surface area contributed by atoms with E-state index in [1.54, 1.807) is 0 Å². The van der Waals surface area contributed by atoms with Crippen LogP contribution < -0.4 is 5.73 Å². The summed E-state index contributed by atoms with van der Waals surface area (Å²) < 4.78 is 0. The smallest absolute Gasteiger partial charge is 0.0220 e. The molecule has 102 valence electrons. The minimum absolute atomic E-state index is 0.582. The SMILES string of the molecule is CCC1CCC(N(C)C(CN)CC(C)C)CC1. The van der Waals surface area contributed by atoms with E-state index in [1.807, 2.05) is 0 Å². The molecular formula is C15H32N2. The van der Waals surface area contributed by atoms with Crippen molar-refractivity contribution in [3.8, 4) is 0 Å². The van der Waals surface area contributed by atoms with Crippen LogP contribution in [-0.4, -0.2) is 30.6 Å². The molecule has 0 aromatic heterocycles. The first kappa shape index (κ1) is 15.0. The van der Waals surface area contributed by atoms with Crippen molar-refractivity contribution < 1.29 is 0 Å². The number of likely N-dealkylation sites (N-methyl/N-ethyl adjacent to an activating group) is 1. The maximum atomic E-state index is 5.94. The van der Waals surface area contributed by atoms with Crippen molar-refractivity contribution in [3.63, 3.8) is 0 Å². The Morgan fingerprint density at radius 1 is 1.18 bits per heavy atom. The van der Waals surface area contributed by atoms with Gasteiger partial charge in [-0.25, -0.2) is 0 Å². The lowest BCUT2D eigenvalue weighted by Crippen LogP contribution is -2.46. The van der Waals surface area contributed by atoms with Crippen LogP contribution in [0.4, 0.5) is 0 Å². The van der Waals surface area contributed by atoms with Crippen molar-refractivity contribution in [2.24, 2.45) is 17.6 Å². The molecule has 1 fully saturated rings. The molecule has 17 heavy (non-hydrogen) atoms. The molecule has 0 heterocycles. The van der Waals surface area contributed by atoms with Crippen LogP contribution in [0.1, 0.15) is 59.3 Å². The van der Waals surface area contributed by atoms with E-state index >= 15 is 0 Å². The van der Waals surface area contributed by atoms with Crippen LogP contribution in [0.25, 0.3) is 0 Å². The second-order valence-corrected chi connectivity index (χ2v) is 6.27. The topological polar surface area (TPSA) is 29.3 Å². The van der Waals surface area contributed by atoms with Gasteiger partial charge in [0.2, 0.25) is 0 Å². The van der Waals surface area contributed by atoms with Gasteiger partial charge in [0.05, 0.1) is 0 Å². The van der Waals surface area contributed by atoms with Crippen molar-refractivity contribution in [1.82, 2.24) is 4.90 Å². The largest absolute Gasteiger partial charge is 0.329 e. The zero-order chi connectivity index (χ0) is 12.8. The van der Waals surface area contributed by atoms with Crippen molar-refractivity contribution >= 4 is 0 Å². The standard InChI is InChI=1S/C15H32N2/c1-5-13-6-8-14(9-7-13)17(4)15(11-16)10-12(2)3/h12-15H,5-11,16H2,1-4H3. The molecule has 1 aliphatic rings. The van der Waals surface area contributed by atoms with Crippen LogP contribution in [0.5, 0.6) is 0 Å². The van der Waals surface area contributed by atoms with Gasteiger partial charge in [-0.2, -0.15) is 0 Å². The van der Waals surface area contributed by atoms with Gasteiger partial charge in [-0.15, -0.1) is 0 Å². The quantitative estimate of drug-likeness (QED) is 0.772. The van der Waals surface area contributed by atoms with Crippen LogP contribution >= 0.6 is 0 Å². The summed E-state index contributed by atoms with van der Waals surface area (Å²) in [7, 11) is 2.29. The van der Waals surface area contributed by atoms with E-state index in [-0.39, 0.29) is 0 Å². The van der Waals surface area contributed by atoms with Gasteiger partial charge in [-0.1, -0.05) is 27.2 Å². The van der Waals surface area contributed by atoms with E-state index in [1.165, 1.54) is 38.5 Å². The van der Waals surface area contributed by atoms with Gasteiger partial charge in [-0.3, -0.25) is 4.90 Å². The van der Waals surface area contributed by atoms with Crippen LogP contribution in [0.15, 0.2) is 0 Å². The lowest BCUT2D eigenvalue weighted by Gasteiger charge is -2.39. The molecule has 0 aliphatic heterocycles. The summed E-state index contributed by atoms with van der Waals surface area (Å²) >= 11 is 0. The number of hydrogen-bond donors (Lipinski definition) is 1. The van der Waals surface area contributed by atoms with E-state index in [0.717, 1.165) is 24.4 Å². The molecule has 1 saturated carbocycles. The maximum Gasteiger partial charge on any atom is 0.0220 e. The Labute approximate surface area is 108 Å². The first-order valence-electron chi connectivity index (χ1n) is 7.50. The molecule has 1 rings (SSSR count). The zero-order valence-corrected chi connectivity index (χ0v) is 12.3. The Balaban J connectivity index is 2.43. The Morgan fingerprint density at radius 3 is 2.18 bits per heavy atom. The first-order chi connectivity index (χ1) is 8.08. The molecule has 1 aliphatic carbocycles. The van der Waals surface area contributed by atoms with E-state index in [4.69, 9.17) is 5.73 Å². The first-order valence-corrected chi connectivity index (χ1v) is 7.50. The summed E-state index contributed by atoms with van der Waals surface area (Å²) in [4.78, 5) is 2.58. The maximum absolute atomic E-state index is 5.94. The number of nitrogens with zero attached hydrogens (tertiary/aromatic N) is 1. The molecule has 1 unspecified atom stereocenters. The zero-order valence-electron chi connectivity index (χ0n) is 12.3. The van der Waals surface area contributed by atoms with Gasteiger partial charge < -0.3 is 5.73 Å². The third kappa shape index (κ3) is 4.59. The average Bonchev–Trinajstić information content (AvgIpc) is 2.35. The fraction of sp³-hybridized carbons (Fsp3) is 1.00. The normalized spacial score (nSPS) is 27.7. The fourth-order valence-electron chi connectivity index (χ4n) is 3.23. The summed E-state index contributed by atoms with van der Waals surface area (Å²) in [6, 6.07) is 1.36. The molecule has 0 aromatic rings. The summed E-state index contributed by atoms with van der Waals surface area (Å²) in [5.41, 5.74) is 5.94. The summed E-state index contributed by atoms with van der Waals surface area (Å²) in [6.45, 7) is 7.73. The molecule has 0 amide bonds. The Hall–Kier alpha value is -0.0800. The van der Waals surface area contributed by atoms with Crippen molar-refractivity contribution in [3.05, 3.63) is 0 Å². The predicted molar refractivity (Wildman–Crippen MR) is 76.1 cm³/mol. The highest BCUT2D eigenvalue weighted by atomic mass is 15.2. The Morgan fingerprint density at radius 2 is 1.76 bits per heavy atom. The highest BCUT2D eigenvalue weighted by molar-refractivity contribution is 4.82. The highest BCUT2D eigenvalue weighted by Gasteiger charge is 2.26. The minimum atomic E-state index is 0.582. The van der Waals surface area contributed by atoms with Crippen molar-refractivity contribution in [2.75, 3.05) is 13.6 Å². The minimum Gasteiger partial charge on any atom is -0.329 e. The summed E-state index contributed by atoms with van der Waals surface area (Å²) in [5.74, 6) is 1.74. The van der Waals surface area contributed by atoms with E-state index in [9.17, 15) is 0 Å². The van der Waals surface area contributed by atoms with Gasteiger partial charge in [-0.05, 0) is 51.0 Å². The van der Waals surface area contributed by atoms with Gasteiger partial charge in [0.15, 0.2) is 0 Å². The van der Waals surface area contributed by atoms with Crippen molar-refractivity contribution in [2.45, 2.75) is 71.4 Å². The molecular weight excluding hydrogens is 208 g/mol. The monoisotopic (exact) mass is 240 g/mol. The van der Waals surface area contributed by atoms with Gasteiger partial charge in [0.1, 0.15) is 0 Å². The number of rotatable bonds is 6. The van der Waals surface area contributed by atoms with Crippen LogP contribution in [0.3, 0.4) is 0 Å². The second-order valence-electron chi connectivity index (χ2n) is 6.27. The lowest BCUT2D eigenvalue weighted by atomic mass is 9.83. The van der Waals surface area contributed by atoms with Gasteiger partial charge in [0, 0.05) is 18.6 Å². The van der Waals surface area contributed by atoms with Crippen LogP contribution in [-0.2, 0) is 0 Å². The third-order valence-corrected chi connectivity index (χ3v) is 4.56. The van der Waals surface area contributed by atoms with E-state index in [2.05, 4.69) is 32.7 Å². The second kappa shape index (κ2) is 7.38. The van der Waals surface area contributed by atoms with E-state index in [0.29, 0.717) is 6.04 Å². The molecule has 2 N–H and O–H groups in total. The summed E-state index contributed by atoms with van der Waals surface area (Å²) in [6.07, 6.45) is 8.20. The number of nitrogens with two attached hydrogens (primary N) is 1. The molecule has 2 nitrogen and oxygen atoms in total. The van der Waals surface area contributed by atoms with Gasteiger partial charge >= 0.3 is 0 Å². The Kier molecular flexibility index (Phi) is 6.50. The van der Waals surface area contributed by atoms with E-state index < -0.39 is 0 Å². The third-order valence-electron chi connectivity index (χ3n) is 4.56. The van der Waals surface area contributed by atoms with Crippen LogP contribution in [0, 0.1) is 11.8 Å². The molecule has 1 atom stereocenters. The van der Waals surface area contributed by atoms with Gasteiger partial charge in [0.25, 0.3) is 0 Å². The molecule has 0 saturated heterocycles. The average molecular weight is 240 g/mol. The predicted octanol–water partition coefficient (Wildman–Crippen LogP) is 3.26. The fourth-order valence-corrected chi connectivity index (χ4v) is 3.23. The Bertz CT molecular complexity index is 195. The summed E-state index contributed by atoms with van der Waals surface area (Å²) in [5, 5.41) is 0. The lowest BCUT2D eigenvalue weighted by molar-refractivity contribution is 0.110. The molecule has 0 radical (unpaired) electrons. The molecule has 2 heteroatoms. The number of hydrogen-bond acceptors (Lipinski definition) is 2. The molecule has 0 aromatic carbocycles. The molecule has 0 spiro atoms. The van der Waals surface area contributed by atoms with Crippen LogP contribution in [0.2, 0.25) is 0 Å². The highest BCUT2D eigenvalue weighted by Crippen LogP contribution is 2.30.